The number of benzene rings is 2. The molecule has 3 heterocycles. The molecule has 0 amide bonds. The summed E-state index contributed by atoms with van der Waals surface area (Å²) in [4.78, 5) is 23.5. The molecule has 0 bridgehead atoms. The molecular weight excluding hydrogens is 435 g/mol. The number of halogens is 2. The second-order valence-corrected chi connectivity index (χ2v) is 8.59. The predicted molar refractivity (Wildman–Crippen MR) is 122 cm³/mol. The molecule has 0 unspecified atom stereocenters. The molecule has 0 atom stereocenters. The Bertz CT molecular complexity index is 1530. The maximum Gasteiger partial charge on any atom is 0.283 e. The van der Waals surface area contributed by atoms with Crippen LogP contribution in [0, 0.1) is 12.7 Å². The largest absolute Gasteiger partial charge is 0.321 e. The minimum Gasteiger partial charge on any atom is -0.321 e. The second-order valence-electron chi connectivity index (χ2n) is 7.12. The van der Waals surface area contributed by atoms with Gasteiger partial charge in [-0.2, -0.15) is 0 Å². The minimum atomic E-state index is -0.299. The monoisotopic (exact) mass is 450 g/mol. The van der Waals surface area contributed by atoms with Crippen LogP contribution in [0.3, 0.4) is 0 Å². The van der Waals surface area contributed by atoms with Crippen LogP contribution < -0.4 is 5.56 Å². The first-order valence-corrected chi connectivity index (χ1v) is 10.7. The van der Waals surface area contributed by atoms with Crippen molar-refractivity contribution in [1.29, 1.82) is 0 Å². The molecule has 0 saturated heterocycles. The highest BCUT2D eigenvalue weighted by Crippen LogP contribution is 2.33. The van der Waals surface area contributed by atoms with E-state index in [2.05, 4.69) is 9.97 Å². The molecule has 154 valence electrons. The average Bonchev–Trinajstić information content (AvgIpc) is 3.08. The van der Waals surface area contributed by atoms with E-state index in [1.165, 1.54) is 23.9 Å². The number of nitrogens with zero attached hydrogens (tertiary/aromatic N) is 4. The zero-order chi connectivity index (χ0) is 21.7. The third-order valence-corrected chi connectivity index (χ3v) is 6.45. The van der Waals surface area contributed by atoms with E-state index in [4.69, 9.17) is 11.6 Å². The highest BCUT2D eigenvalue weighted by atomic mass is 35.5. The molecule has 0 saturated carbocycles. The van der Waals surface area contributed by atoms with Crippen LogP contribution in [0.1, 0.15) is 5.69 Å². The van der Waals surface area contributed by atoms with E-state index >= 15 is 0 Å². The topological polar surface area (TPSA) is 52.7 Å². The third kappa shape index (κ3) is 3.30. The Hall–Kier alpha value is -3.16. The van der Waals surface area contributed by atoms with Crippen LogP contribution in [0.15, 0.2) is 75.6 Å². The van der Waals surface area contributed by atoms with Crippen molar-refractivity contribution < 1.29 is 4.39 Å². The summed E-state index contributed by atoms with van der Waals surface area (Å²) in [5, 5.41) is 2.02. The van der Waals surface area contributed by atoms with Gasteiger partial charge in [-0.1, -0.05) is 23.4 Å². The average molecular weight is 451 g/mol. The van der Waals surface area contributed by atoms with E-state index in [1.54, 1.807) is 41.1 Å². The zero-order valence-corrected chi connectivity index (χ0v) is 18.2. The molecule has 0 fully saturated rings. The molecule has 31 heavy (non-hydrogen) atoms. The van der Waals surface area contributed by atoms with Crippen molar-refractivity contribution in [2.75, 3.05) is 0 Å². The van der Waals surface area contributed by atoms with Gasteiger partial charge in [-0.15, -0.1) is 0 Å². The first-order chi connectivity index (χ1) is 14.9. The number of hydrogen-bond acceptors (Lipinski definition) is 4. The maximum absolute atomic E-state index is 13.6. The lowest BCUT2D eigenvalue weighted by Gasteiger charge is -2.13. The SMILES string of the molecule is Cc1ncccc1-n1c(=O)c2nc(Sc3ccc(F)cc3)n(C)c2c2ccc(Cl)cc21. The van der Waals surface area contributed by atoms with E-state index in [1.807, 2.05) is 30.7 Å². The number of imidazole rings is 1. The normalized spacial score (nSPS) is 11.5. The van der Waals surface area contributed by atoms with Gasteiger partial charge in [0, 0.05) is 28.5 Å². The number of pyridine rings is 2. The Balaban J connectivity index is 1.84. The highest BCUT2D eigenvalue weighted by molar-refractivity contribution is 7.99. The van der Waals surface area contributed by atoms with Crippen molar-refractivity contribution >= 4 is 45.3 Å². The fraction of sp³-hybridized carbons (Fsp3) is 0.0870. The lowest BCUT2D eigenvalue weighted by atomic mass is 10.1. The highest BCUT2D eigenvalue weighted by Gasteiger charge is 2.20. The fourth-order valence-corrected chi connectivity index (χ4v) is 4.71. The first kappa shape index (κ1) is 19.8. The standard InChI is InChI=1S/C23H16ClFN4OS/c1-13-18(4-3-11-26-13)29-19-12-14(24)5-10-17(19)21-20(22(29)30)27-23(28(21)2)31-16-8-6-15(25)7-9-16/h3-12H,1-2H3. The molecule has 0 spiro atoms. The summed E-state index contributed by atoms with van der Waals surface area (Å²) in [5.41, 5.74) is 2.91. The van der Waals surface area contributed by atoms with E-state index in [0.29, 0.717) is 26.9 Å². The molecule has 0 N–H and O–H groups in total. The van der Waals surface area contributed by atoms with Crippen molar-refractivity contribution in [3.8, 4) is 5.69 Å². The van der Waals surface area contributed by atoms with E-state index in [9.17, 15) is 9.18 Å². The van der Waals surface area contributed by atoms with Crippen molar-refractivity contribution in [3.63, 3.8) is 0 Å². The van der Waals surface area contributed by atoms with Gasteiger partial charge in [0.05, 0.1) is 22.4 Å². The molecule has 0 aliphatic heterocycles. The van der Waals surface area contributed by atoms with Crippen LogP contribution in [0.2, 0.25) is 5.02 Å². The molecule has 5 rings (SSSR count). The van der Waals surface area contributed by atoms with Gasteiger partial charge in [-0.3, -0.25) is 14.3 Å². The predicted octanol–water partition coefficient (Wildman–Crippen LogP) is 5.52. The van der Waals surface area contributed by atoms with Crippen molar-refractivity contribution in [2.24, 2.45) is 7.05 Å². The number of aromatic nitrogens is 4. The molecule has 3 aromatic heterocycles. The molecule has 8 heteroatoms. The Kier molecular flexibility index (Phi) is 4.79. The van der Waals surface area contributed by atoms with Crippen molar-refractivity contribution in [1.82, 2.24) is 19.1 Å². The van der Waals surface area contributed by atoms with Crippen molar-refractivity contribution in [2.45, 2.75) is 17.0 Å². The number of hydrogen-bond donors (Lipinski definition) is 0. The Morgan fingerprint density at radius 3 is 2.61 bits per heavy atom. The molecular formula is C23H16ClFN4OS. The van der Waals surface area contributed by atoms with Gasteiger partial charge in [-0.05, 0) is 61.5 Å². The van der Waals surface area contributed by atoms with Crippen LogP contribution in [-0.4, -0.2) is 19.1 Å². The Morgan fingerprint density at radius 1 is 1.10 bits per heavy atom. The lowest BCUT2D eigenvalue weighted by Crippen LogP contribution is -2.20. The number of fused-ring (bicyclic) bond motifs is 3. The summed E-state index contributed by atoms with van der Waals surface area (Å²) < 4.78 is 16.8. The smallest absolute Gasteiger partial charge is 0.283 e. The van der Waals surface area contributed by atoms with Gasteiger partial charge in [0.1, 0.15) is 5.82 Å². The van der Waals surface area contributed by atoms with Crippen LogP contribution >= 0.6 is 23.4 Å². The van der Waals surface area contributed by atoms with Gasteiger partial charge < -0.3 is 4.57 Å². The van der Waals surface area contributed by atoms with Gasteiger partial charge >= 0.3 is 0 Å². The summed E-state index contributed by atoms with van der Waals surface area (Å²) in [5.74, 6) is -0.299. The first-order valence-electron chi connectivity index (χ1n) is 9.50. The van der Waals surface area contributed by atoms with Crippen LogP contribution in [0.5, 0.6) is 0 Å². The Labute approximate surface area is 186 Å². The summed E-state index contributed by atoms with van der Waals surface area (Å²) in [6, 6.07) is 15.3. The summed E-state index contributed by atoms with van der Waals surface area (Å²) in [6.45, 7) is 1.86. The summed E-state index contributed by atoms with van der Waals surface area (Å²) >= 11 is 7.67. The van der Waals surface area contributed by atoms with Gasteiger partial charge in [0.25, 0.3) is 5.56 Å². The Morgan fingerprint density at radius 2 is 1.87 bits per heavy atom. The third-order valence-electron chi connectivity index (χ3n) is 5.16. The lowest BCUT2D eigenvalue weighted by molar-refractivity contribution is 0.626. The van der Waals surface area contributed by atoms with E-state index < -0.39 is 0 Å². The van der Waals surface area contributed by atoms with Gasteiger partial charge in [0.15, 0.2) is 10.7 Å². The quantitative estimate of drug-likeness (QED) is 0.363. The molecule has 0 aliphatic carbocycles. The molecule has 5 aromatic rings. The molecule has 0 radical (unpaired) electrons. The minimum absolute atomic E-state index is 0.248. The maximum atomic E-state index is 13.6. The molecule has 2 aromatic carbocycles. The van der Waals surface area contributed by atoms with E-state index in [0.717, 1.165) is 21.5 Å². The van der Waals surface area contributed by atoms with Gasteiger partial charge in [-0.25, -0.2) is 9.37 Å². The van der Waals surface area contributed by atoms with Crippen LogP contribution in [0.25, 0.3) is 27.6 Å². The van der Waals surface area contributed by atoms with Crippen molar-refractivity contribution in [3.05, 3.63) is 87.7 Å². The summed E-state index contributed by atoms with van der Waals surface area (Å²) in [7, 11) is 1.87. The van der Waals surface area contributed by atoms with Crippen LogP contribution in [0.4, 0.5) is 4.39 Å². The molecule has 0 aliphatic rings. The fourth-order valence-electron chi connectivity index (χ4n) is 3.69. The zero-order valence-electron chi connectivity index (χ0n) is 16.6. The van der Waals surface area contributed by atoms with Crippen LogP contribution in [-0.2, 0) is 7.05 Å². The molecule has 5 nitrogen and oxygen atoms in total. The number of aryl methyl sites for hydroxylation is 2. The number of rotatable bonds is 3. The summed E-state index contributed by atoms with van der Waals surface area (Å²) in [6.07, 6.45) is 1.69. The van der Waals surface area contributed by atoms with Gasteiger partial charge in [0.2, 0.25) is 0 Å². The van der Waals surface area contributed by atoms with E-state index in [-0.39, 0.29) is 11.4 Å². The second kappa shape index (κ2) is 7.51.